The van der Waals surface area contributed by atoms with Crippen LogP contribution in [0.2, 0.25) is 5.28 Å². The van der Waals surface area contributed by atoms with Gasteiger partial charge < -0.3 is 10.2 Å². The summed E-state index contributed by atoms with van der Waals surface area (Å²) in [6.45, 7) is 1.41. The van der Waals surface area contributed by atoms with Crippen molar-refractivity contribution < 1.29 is 10.2 Å². The zero-order valence-electron chi connectivity index (χ0n) is 8.45. The molecule has 2 N–H and O–H groups in total. The molecule has 86 valence electrons. The number of hydrogen-bond acceptors (Lipinski definition) is 5. The highest BCUT2D eigenvalue weighted by Crippen LogP contribution is 2.20. The third-order valence-electron chi connectivity index (χ3n) is 2.00. The maximum atomic E-state index is 9.73. The van der Waals surface area contributed by atoms with E-state index < -0.39 is 12.2 Å². The molecule has 1 aromatic heterocycles. The Labute approximate surface area is 96.4 Å². The smallest absolute Gasteiger partial charge is 0.222 e. The summed E-state index contributed by atoms with van der Waals surface area (Å²) < 4.78 is 0. The minimum Gasteiger partial charge on any atom is -0.390 e. The van der Waals surface area contributed by atoms with Gasteiger partial charge in [0.05, 0.1) is 12.6 Å². The minimum absolute atomic E-state index is 0.0676. The fourth-order valence-electron chi connectivity index (χ4n) is 1.17. The number of halogens is 1. The maximum Gasteiger partial charge on any atom is 0.222 e. The van der Waals surface area contributed by atoms with Gasteiger partial charge in [0.1, 0.15) is 6.10 Å². The van der Waals surface area contributed by atoms with Gasteiger partial charge in [-0.3, -0.25) is 0 Å². The monoisotopic (exact) mass is 243 g/mol. The normalized spacial score (nSPS) is 14.0. The molecule has 2 atom stereocenters. The molecule has 1 aromatic rings. The molecule has 2 unspecified atom stereocenters. The van der Waals surface area contributed by atoms with E-state index in [1.165, 1.54) is 6.20 Å². The first kappa shape index (κ1) is 12.7. The van der Waals surface area contributed by atoms with Crippen molar-refractivity contribution in [3.05, 3.63) is 33.2 Å². The van der Waals surface area contributed by atoms with Crippen molar-refractivity contribution in [1.29, 1.82) is 0 Å². The Morgan fingerprint density at radius 1 is 1.62 bits per heavy atom. The predicted molar refractivity (Wildman–Crippen MR) is 56.8 cm³/mol. The first-order chi connectivity index (χ1) is 7.56. The topological polar surface area (TPSA) is 115 Å². The Bertz CT molecular complexity index is 421. The van der Waals surface area contributed by atoms with E-state index in [0.29, 0.717) is 11.3 Å². The Hall–Kier alpha value is -1.40. The molecule has 1 rings (SSSR count). The number of aryl methyl sites for hydroxylation is 1. The van der Waals surface area contributed by atoms with Gasteiger partial charge in [-0.15, -0.1) is 0 Å². The largest absolute Gasteiger partial charge is 0.390 e. The molecule has 0 aliphatic heterocycles. The summed E-state index contributed by atoms with van der Waals surface area (Å²) in [4.78, 5) is 10.0. The maximum absolute atomic E-state index is 9.73. The number of nitrogens with zero attached hydrogens (tertiary/aromatic N) is 5. The van der Waals surface area contributed by atoms with Crippen LogP contribution in [0.4, 0.5) is 0 Å². The van der Waals surface area contributed by atoms with Crippen LogP contribution < -0.4 is 0 Å². The molecule has 0 radical (unpaired) electrons. The van der Waals surface area contributed by atoms with Crippen LogP contribution in [0.15, 0.2) is 11.3 Å². The van der Waals surface area contributed by atoms with E-state index in [-0.39, 0.29) is 11.8 Å². The van der Waals surface area contributed by atoms with Crippen molar-refractivity contribution in [2.75, 3.05) is 6.54 Å². The number of hydrogen-bond donors (Lipinski definition) is 2. The van der Waals surface area contributed by atoms with Crippen molar-refractivity contribution in [2.24, 2.45) is 5.11 Å². The zero-order valence-corrected chi connectivity index (χ0v) is 9.20. The first-order valence-corrected chi connectivity index (χ1v) is 4.80. The van der Waals surface area contributed by atoms with E-state index in [4.69, 9.17) is 17.1 Å². The Balaban J connectivity index is 2.86. The molecule has 8 heteroatoms. The highest BCUT2D eigenvalue weighted by molar-refractivity contribution is 6.28. The summed E-state index contributed by atoms with van der Waals surface area (Å²) in [5.74, 6) is 0. The number of aromatic nitrogens is 2. The van der Waals surface area contributed by atoms with Crippen LogP contribution in [0.25, 0.3) is 10.4 Å². The molecule has 1 heterocycles. The predicted octanol–water partition coefficient (Wildman–Crippen LogP) is 1.14. The summed E-state index contributed by atoms with van der Waals surface area (Å²) in [6.07, 6.45) is -1.07. The van der Waals surface area contributed by atoms with E-state index >= 15 is 0 Å². The van der Waals surface area contributed by atoms with Crippen LogP contribution in [0.3, 0.4) is 0 Å². The van der Waals surface area contributed by atoms with Crippen LogP contribution in [0, 0.1) is 6.92 Å². The molecule has 16 heavy (non-hydrogen) atoms. The molecule has 0 amide bonds. The second kappa shape index (κ2) is 5.62. The Morgan fingerprint density at radius 3 is 2.88 bits per heavy atom. The van der Waals surface area contributed by atoms with E-state index in [1.807, 2.05) is 0 Å². The highest BCUT2D eigenvalue weighted by atomic mass is 35.5. The number of aliphatic hydroxyl groups excluding tert-OH is 2. The fourth-order valence-corrected chi connectivity index (χ4v) is 1.34. The van der Waals surface area contributed by atoms with Crippen LogP contribution in [0.1, 0.15) is 17.4 Å². The van der Waals surface area contributed by atoms with E-state index in [1.54, 1.807) is 6.92 Å². The molecule has 0 aliphatic rings. The first-order valence-electron chi connectivity index (χ1n) is 4.42. The summed E-state index contributed by atoms with van der Waals surface area (Å²) in [5, 5.41) is 22.5. The third-order valence-corrected chi connectivity index (χ3v) is 2.19. The van der Waals surface area contributed by atoms with Gasteiger partial charge in [0.15, 0.2) is 0 Å². The summed E-state index contributed by atoms with van der Waals surface area (Å²) in [5.41, 5.74) is 8.90. The van der Waals surface area contributed by atoms with Crippen LogP contribution in [-0.4, -0.2) is 32.8 Å². The Kier molecular flexibility index (Phi) is 4.45. The molecule has 0 fully saturated rings. The number of azide groups is 1. The Morgan fingerprint density at radius 2 is 2.31 bits per heavy atom. The lowest BCUT2D eigenvalue weighted by Gasteiger charge is -2.17. The van der Waals surface area contributed by atoms with Gasteiger partial charge in [0, 0.05) is 22.4 Å². The summed E-state index contributed by atoms with van der Waals surface area (Å²) in [7, 11) is 0. The fraction of sp³-hybridized carbons (Fsp3) is 0.500. The molecular weight excluding hydrogens is 234 g/mol. The lowest BCUT2D eigenvalue weighted by Crippen LogP contribution is -2.22. The molecule has 0 saturated heterocycles. The lowest BCUT2D eigenvalue weighted by molar-refractivity contribution is 0.0235. The molecular formula is C8H10ClN5O2. The van der Waals surface area contributed by atoms with E-state index in [2.05, 4.69) is 20.0 Å². The average Bonchev–Trinajstić information content (AvgIpc) is 2.25. The molecule has 0 saturated carbocycles. The van der Waals surface area contributed by atoms with Gasteiger partial charge in [0.2, 0.25) is 5.28 Å². The van der Waals surface area contributed by atoms with Crippen molar-refractivity contribution in [1.82, 2.24) is 9.97 Å². The van der Waals surface area contributed by atoms with Gasteiger partial charge in [-0.05, 0) is 24.1 Å². The molecule has 0 aromatic carbocycles. The van der Waals surface area contributed by atoms with Crippen molar-refractivity contribution in [2.45, 2.75) is 19.1 Å². The van der Waals surface area contributed by atoms with Crippen LogP contribution >= 0.6 is 11.6 Å². The molecule has 7 nitrogen and oxygen atoms in total. The molecule has 0 aliphatic carbocycles. The van der Waals surface area contributed by atoms with Gasteiger partial charge in [-0.1, -0.05) is 5.11 Å². The van der Waals surface area contributed by atoms with Gasteiger partial charge >= 0.3 is 0 Å². The van der Waals surface area contributed by atoms with Crippen molar-refractivity contribution in [3.63, 3.8) is 0 Å². The van der Waals surface area contributed by atoms with E-state index in [9.17, 15) is 10.2 Å². The van der Waals surface area contributed by atoms with Crippen LogP contribution in [0.5, 0.6) is 0 Å². The van der Waals surface area contributed by atoms with E-state index in [0.717, 1.165) is 0 Å². The second-order valence-corrected chi connectivity index (χ2v) is 3.44. The standard InChI is InChI=1S/C8H10ClN5O2/c1-4-5(2-11-8(9)13-4)7(16)6(15)3-12-14-10/h2,6-7,15-16H,3H2,1H3. The summed E-state index contributed by atoms with van der Waals surface area (Å²) in [6, 6.07) is 0. The highest BCUT2D eigenvalue weighted by Gasteiger charge is 2.20. The van der Waals surface area contributed by atoms with Gasteiger partial charge in [-0.25, -0.2) is 9.97 Å². The van der Waals surface area contributed by atoms with Crippen molar-refractivity contribution in [3.8, 4) is 0 Å². The lowest BCUT2D eigenvalue weighted by atomic mass is 10.1. The molecule has 0 spiro atoms. The van der Waals surface area contributed by atoms with Crippen molar-refractivity contribution >= 4 is 11.6 Å². The number of aliphatic hydroxyl groups is 2. The third kappa shape index (κ3) is 3.04. The second-order valence-electron chi connectivity index (χ2n) is 3.11. The zero-order chi connectivity index (χ0) is 12.1. The minimum atomic E-state index is -1.21. The SMILES string of the molecule is Cc1nc(Cl)ncc1C(O)C(O)CN=[N+]=[N-]. The van der Waals surface area contributed by atoms with Crippen LogP contribution in [-0.2, 0) is 0 Å². The average molecular weight is 244 g/mol. The summed E-state index contributed by atoms with van der Waals surface area (Å²) >= 11 is 5.55. The number of rotatable bonds is 4. The molecule has 0 bridgehead atoms. The quantitative estimate of drug-likeness (QED) is 0.357. The van der Waals surface area contributed by atoms with Gasteiger partial charge in [-0.2, -0.15) is 0 Å². The van der Waals surface area contributed by atoms with Gasteiger partial charge in [0.25, 0.3) is 0 Å².